The Kier molecular flexibility index (Phi) is 4.10. The van der Waals surface area contributed by atoms with Gasteiger partial charge in [0.25, 0.3) is 0 Å². The number of rotatable bonds is 1. The zero-order valence-electron chi connectivity index (χ0n) is 18.9. The highest BCUT2D eigenvalue weighted by molar-refractivity contribution is 9.10. The zero-order valence-corrected chi connectivity index (χ0v) is 20.5. The Bertz CT molecular complexity index is 1220. The van der Waals surface area contributed by atoms with Crippen LogP contribution >= 0.6 is 15.9 Å². The minimum Gasteiger partial charge on any atom is -0.337 e. The second-order valence-corrected chi connectivity index (χ2v) is 12.0. The van der Waals surface area contributed by atoms with Crippen molar-refractivity contribution in [1.82, 2.24) is 0 Å². The van der Waals surface area contributed by atoms with E-state index >= 15 is 0 Å². The van der Waals surface area contributed by atoms with Crippen LogP contribution < -0.4 is 4.90 Å². The molecule has 0 N–H and O–H groups in total. The molecule has 3 aromatic carbocycles. The number of hydrogen-bond donors (Lipinski definition) is 0. The molecular weight excluding hydrogens is 442 g/mol. The largest absolute Gasteiger partial charge is 0.337 e. The molecule has 0 fully saturated rings. The molecule has 0 radical (unpaired) electrons. The summed E-state index contributed by atoms with van der Waals surface area (Å²) in [4.78, 5) is 2.57. The minimum atomic E-state index is 0.248. The lowest BCUT2D eigenvalue weighted by atomic mass is 9.63. The Morgan fingerprint density at radius 2 is 1.29 bits per heavy atom. The summed E-state index contributed by atoms with van der Waals surface area (Å²) in [6.07, 6.45) is 4.80. The molecule has 158 valence electrons. The highest BCUT2D eigenvalue weighted by atomic mass is 79.9. The van der Waals surface area contributed by atoms with Crippen molar-refractivity contribution in [2.75, 3.05) is 4.90 Å². The van der Waals surface area contributed by atoms with E-state index in [0.29, 0.717) is 6.04 Å². The van der Waals surface area contributed by atoms with Gasteiger partial charge in [-0.15, -0.1) is 0 Å². The van der Waals surface area contributed by atoms with Gasteiger partial charge in [0.2, 0.25) is 0 Å². The number of fused-ring (bicyclic) bond motifs is 6. The predicted molar refractivity (Wildman–Crippen MR) is 135 cm³/mol. The summed E-state index contributed by atoms with van der Waals surface area (Å²) in [5.74, 6) is 0. The topological polar surface area (TPSA) is 3.24 Å². The molecule has 1 atom stereocenters. The fourth-order valence-corrected chi connectivity index (χ4v) is 6.58. The van der Waals surface area contributed by atoms with Gasteiger partial charge < -0.3 is 4.90 Å². The fourth-order valence-electron chi connectivity index (χ4n) is 6.17. The molecule has 0 saturated carbocycles. The molecule has 2 heteroatoms. The van der Waals surface area contributed by atoms with Crippen LogP contribution in [-0.2, 0) is 23.7 Å². The van der Waals surface area contributed by atoms with Gasteiger partial charge in [0, 0.05) is 21.9 Å². The van der Waals surface area contributed by atoms with Crippen LogP contribution in [-0.4, -0.2) is 6.04 Å². The van der Waals surface area contributed by atoms with Crippen LogP contribution in [0.1, 0.15) is 62.8 Å². The highest BCUT2D eigenvalue weighted by Gasteiger charge is 2.38. The van der Waals surface area contributed by atoms with Gasteiger partial charge in [-0.3, -0.25) is 0 Å². The van der Waals surface area contributed by atoms with Crippen LogP contribution in [0.3, 0.4) is 0 Å². The lowest BCUT2D eigenvalue weighted by molar-refractivity contribution is 0.332. The molecule has 0 saturated heterocycles. The zero-order chi connectivity index (χ0) is 21.5. The lowest BCUT2D eigenvalue weighted by Gasteiger charge is -2.42. The van der Waals surface area contributed by atoms with Gasteiger partial charge in [-0.05, 0) is 100 Å². The number of anilines is 2. The smallest absolute Gasteiger partial charge is 0.0447 e. The first-order valence-electron chi connectivity index (χ1n) is 11.6. The number of hydrogen-bond acceptors (Lipinski definition) is 1. The fraction of sp³-hybridized carbons (Fsp3) is 0.379. The van der Waals surface area contributed by atoms with Gasteiger partial charge in [-0.2, -0.15) is 0 Å². The van der Waals surface area contributed by atoms with Gasteiger partial charge in [-0.1, -0.05) is 67.9 Å². The average Bonchev–Trinajstić information content (AvgIpc) is 3.25. The van der Waals surface area contributed by atoms with Crippen molar-refractivity contribution in [2.24, 2.45) is 0 Å². The summed E-state index contributed by atoms with van der Waals surface area (Å²) in [6.45, 7) is 9.63. The molecule has 3 aromatic rings. The standard InChI is InChI=1S/C29H30BrN/c1-28(2)11-12-29(3,4)25-17-19(5-8-24(25)28)18-6-9-26-20(13-18)15-23-16-21-14-22(30)7-10-27(21)31(23)26/h5-10,13-14,17,23H,11-12,15-16H2,1-4H3. The summed E-state index contributed by atoms with van der Waals surface area (Å²) in [6, 6.07) is 21.7. The van der Waals surface area contributed by atoms with E-state index in [9.17, 15) is 0 Å². The molecule has 0 bridgehead atoms. The van der Waals surface area contributed by atoms with E-state index < -0.39 is 0 Å². The second kappa shape index (κ2) is 6.48. The lowest BCUT2D eigenvalue weighted by Crippen LogP contribution is -2.33. The van der Waals surface area contributed by atoms with Gasteiger partial charge in [0.15, 0.2) is 0 Å². The summed E-state index contributed by atoms with van der Waals surface area (Å²) >= 11 is 3.63. The highest BCUT2D eigenvalue weighted by Crippen LogP contribution is 2.49. The van der Waals surface area contributed by atoms with E-state index in [-0.39, 0.29) is 10.8 Å². The molecule has 0 amide bonds. The molecule has 1 unspecified atom stereocenters. The summed E-state index contributed by atoms with van der Waals surface area (Å²) in [5.41, 5.74) is 12.1. The maximum Gasteiger partial charge on any atom is 0.0447 e. The van der Waals surface area contributed by atoms with Gasteiger partial charge >= 0.3 is 0 Å². The third kappa shape index (κ3) is 2.94. The van der Waals surface area contributed by atoms with Gasteiger partial charge in [-0.25, -0.2) is 0 Å². The molecular formula is C29H30BrN. The molecule has 2 aliphatic heterocycles. The normalized spacial score (nSPS) is 22.0. The Morgan fingerprint density at radius 1 is 0.710 bits per heavy atom. The van der Waals surface area contributed by atoms with Crippen molar-refractivity contribution in [3.05, 3.63) is 81.3 Å². The van der Waals surface area contributed by atoms with Crippen molar-refractivity contribution in [3.8, 4) is 11.1 Å². The van der Waals surface area contributed by atoms with Gasteiger partial charge in [0.1, 0.15) is 0 Å². The van der Waals surface area contributed by atoms with Crippen molar-refractivity contribution >= 4 is 27.3 Å². The predicted octanol–water partition coefficient (Wildman–Crippen LogP) is 8.08. The minimum absolute atomic E-state index is 0.248. The van der Waals surface area contributed by atoms with Crippen LogP contribution in [0, 0.1) is 0 Å². The number of nitrogens with zero attached hydrogens (tertiary/aromatic N) is 1. The molecule has 0 spiro atoms. The molecule has 3 aliphatic rings. The van der Waals surface area contributed by atoms with Crippen LogP contribution in [0.5, 0.6) is 0 Å². The van der Waals surface area contributed by atoms with E-state index in [2.05, 4.69) is 103 Å². The quantitative estimate of drug-likeness (QED) is 0.346. The first kappa shape index (κ1) is 19.6. The maximum atomic E-state index is 3.63. The van der Waals surface area contributed by atoms with E-state index in [0.717, 1.165) is 12.8 Å². The molecule has 1 aliphatic carbocycles. The molecule has 31 heavy (non-hydrogen) atoms. The maximum absolute atomic E-state index is 3.63. The van der Waals surface area contributed by atoms with E-state index in [1.165, 1.54) is 56.5 Å². The number of benzene rings is 3. The van der Waals surface area contributed by atoms with Gasteiger partial charge in [0.05, 0.1) is 0 Å². The summed E-state index contributed by atoms with van der Waals surface area (Å²) < 4.78 is 1.18. The third-order valence-electron chi connectivity index (χ3n) is 8.10. The molecule has 0 aromatic heterocycles. The Morgan fingerprint density at radius 3 is 2.03 bits per heavy atom. The van der Waals surface area contributed by atoms with Crippen LogP contribution in [0.25, 0.3) is 11.1 Å². The van der Waals surface area contributed by atoms with Crippen molar-refractivity contribution in [3.63, 3.8) is 0 Å². The Labute approximate surface area is 194 Å². The summed E-state index contributed by atoms with van der Waals surface area (Å²) in [5, 5.41) is 0. The SMILES string of the molecule is CC1(C)CCC(C)(C)c2cc(-c3ccc4c(c3)CC3Cc5cc(Br)ccc5N43)ccc21. The third-order valence-corrected chi connectivity index (χ3v) is 8.60. The van der Waals surface area contributed by atoms with Crippen LogP contribution in [0.2, 0.25) is 0 Å². The molecule has 1 nitrogen and oxygen atoms in total. The van der Waals surface area contributed by atoms with Crippen LogP contribution in [0.4, 0.5) is 11.4 Å². The van der Waals surface area contributed by atoms with E-state index in [4.69, 9.17) is 0 Å². The summed E-state index contributed by atoms with van der Waals surface area (Å²) in [7, 11) is 0. The first-order valence-corrected chi connectivity index (χ1v) is 12.4. The van der Waals surface area contributed by atoms with E-state index in [1.54, 1.807) is 5.56 Å². The average molecular weight is 472 g/mol. The van der Waals surface area contributed by atoms with E-state index in [1.807, 2.05) is 0 Å². The Balaban J connectivity index is 1.40. The molecule has 2 heterocycles. The van der Waals surface area contributed by atoms with Crippen molar-refractivity contribution in [1.29, 1.82) is 0 Å². The number of halogens is 1. The van der Waals surface area contributed by atoms with Crippen LogP contribution in [0.15, 0.2) is 59.1 Å². The second-order valence-electron chi connectivity index (χ2n) is 11.1. The first-order chi connectivity index (χ1) is 14.7. The monoisotopic (exact) mass is 471 g/mol. The Hall–Kier alpha value is -2.06. The van der Waals surface area contributed by atoms with Crippen molar-refractivity contribution in [2.45, 2.75) is 70.3 Å². The van der Waals surface area contributed by atoms with Crippen molar-refractivity contribution < 1.29 is 0 Å². The molecule has 6 rings (SSSR count).